The Morgan fingerprint density at radius 1 is 0.909 bits per heavy atom. The highest BCUT2D eigenvalue weighted by Gasteiger charge is 2.47. The Morgan fingerprint density at radius 2 is 1.42 bits per heavy atom. The quantitative estimate of drug-likeness (QED) is 0.524. The van der Waals surface area contributed by atoms with Gasteiger partial charge in [0.1, 0.15) is 5.76 Å². The molecular weight excluding hydrogens is 438 g/mol. The van der Waals surface area contributed by atoms with Crippen molar-refractivity contribution in [2.24, 2.45) is 0 Å². The second-order valence-corrected chi connectivity index (χ2v) is 9.52. The van der Waals surface area contributed by atoms with E-state index in [9.17, 15) is 18.3 Å². The Bertz CT molecular complexity index is 1240. The first-order valence-corrected chi connectivity index (χ1v) is 12.2. The van der Waals surface area contributed by atoms with Gasteiger partial charge in [-0.3, -0.25) is 0 Å². The molecule has 3 aromatic carbocycles. The van der Waals surface area contributed by atoms with Crippen LogP contribution >= 0.6 is 0 Å². The molecule has 0 spiro atoms. The molecule has 0 saturated carbocycles. The van der Waals surface area contributed by atoms with Gasteiger partial charge in [-0.05, 0) is 30.2 Å². The smallest absolute Gasteiger partial charge is 0.339 e. The van der Waals surface area contributed by atoms with Crippen LogP contribution in [0.2, 0.25) is 0 Å². The predicted octanol–water partition coefficient (Wildman–Crippen LogP) is 4.94. The number of hydrogen-bond donors (Lipinski definition) is 1. The van der Waals surface area contributed by atoms with E-state index in [1.165, 1.54) is 16.4 Å². The van der Waals surface area contributed by atoms with Gasteiger partial charge >= 0.3 is 5.97 Å². The SMILES string of the molecule is CCOC(=O)C1=C(O)C[C@H](c2ccccc2)N(S(=O)(=O)c2ccccc2)[C@@H]1c1ccccc1. The first kappa shape index (κ1) is 22.8. The van der Waals surface area contributed by atoms with Crippen LogP contribution in [-0.4, -0.2) is 30.4 Å². The van der Waals surface area contributed by atoms with Crippen LogP contribution in [-0.2, 0) is 19.6 Å². The minimum absolute atomic E-state index is 0.0481. The number of sulfonamides is 1. The fourth-order valence-corrected chi connectivity index (χ4v) is 5.98. The van der Waals surface area contributed by atoms with Crippen molar-refractivity contribution in [3.63, 3.8) is 0 Å². The summed E-state index contributed by atoms with van der Waals surface area (Å²) in [6.45, 7) is 1.77. The number of rotatable bonds is 6. The highest BCUT2D eigenvalue weighted by atomic mass is 32.2. The Balaban J connectivity index is 2.00. The summed E-state index contributed by atoms with van der Waals surface area (Å²) in [7, 11) is -4.08. The summed E-state index contributed by atoms with van der Waals surface area (Å²) in [5.41, 5.74) is 1.22. The second kappa shape index (κ2) is 9.60. The van der Waals surface area contributed by atoms with E-state index in [0.717, 1.165) is 0 Å². The number of carbonyl (C=O) groups excluding carboxylic acids is 1. The summed E-state index contributed by atoms with van der Waals surface area (Å²) < 4.78 is 34.7. The van der Waals surface area contributed by atoms with Crippen LogP contribution < -0.4 is 0 Å². The molecule has 170 valence electrons. The number of ether oxygens (including phenoxy) is 1. The lowest BCUT2D eigenvalue weighted by Gasteiger charge is -2.41. The lowest BCUT2D eigenvalue weighted by Crippen LogP contribution is -2.44. The van der Waals surface area contributed by atoms with Crippen molar-refractivity contribution in [3.8, 4) is 0 Å². The van der Waals surface area contributed by atoms with Gasteiger partial charge in [0, 0.05) is 6.42 Å². The molecule has 33 heavy (non-hydrogen) atoms. The molecule has 1 aliphatic heterocycles. The molecule has 3 aromatic rings. The van der Waals surface area contributed by atoms with Gasteiger partial charge in [0.15, 0.2) is 0 Å². The molecule has 0 radical (unpaired) electrons. The van der Waals surface area contributed by atoms with E-state index in [4.69, 9.17) is 4.74 Å². The van der Waals surface area contributed by atoms with Crippen molar-refractivity contribution in [3.05, 3.63) is 113 Å². The molecule has 1 heterocycles. The Morgan fingerprint density at radius 3 is 1.97 bits per heavy atom. The average Bonchev–Trinajstić information content (AvgIpc) is 2.85. The van der Waals surface area contributed by atoms with Crippen LogP contribution in [0.5, 0.6) is 0 Å². The third-order valence-electron chi connectivity index (χ3n) is 5.65. The Kier molecular flexibility index (Phi) is 6.62. The molecule has 0 bridgehead atoms. The van der Waals surface area contributed by atoms with E-state index in [0.29, 0.717) is 11.1 Å². The van der Waals surface area contributed by atoms with Crippen LogP contribution in [0.3, 0.4) is 0 Å². The van der Waals surface area contributed by atoms with E-state index < -0.39 is 28.1 Å². The third-order valence-corrected chi connectivity index (χ3v) is 7.53. The number of aliphatic hydroxyl groups is 1. The summed E-state index contributed by atoms with van der Waals surface area (Å²) in [5, 5.41) is 11.0. The minimum Gasteiger partial charge on any atom is -0.512 e. The predicted molar refractivity (Wildman–Crippen MR) is 125 cm³/mol. The molecule has 0 saturated heterocycles. The highest BCUT2D eigenvalue weighted by molar-refractivity contribution is 7.89. The van der Waals surface area contributed by atoms with Crippen molar-refractivity contribution >= 4 is 16.0 Å². The lowest BCUT2D eigenvalue weighted by molar-refractivity contribution is -0.139. The molecule has 7 heteroatoms. The number of benzene rings is 3. The fraction of sp³-hybridized carbons (Fsp3) is 0.192. The maximum Gasteiger partial charge on any atom is 0.339 e. The van der Waals surface area contributed by atoms with E-state index in [1.54, 1.807) is 49.4 Å². The summed E-state index contributed by atoms with van der Waals surface area (Å²) >= 11 is 0. The summed E-state index contributed by atoms with van der Waals surface area (Å²) in [4.78, 5) is 13.1. The van der Waals surface area contributed by atoms with Gasteiger partial charge in [-0.25, -0.2) is 13.2 Å². The number of hydrogen-bond acceptors (Lipinski definition) is 5. The zero-order valence-electron chi connectivity index (χ0n) is 18.2. The molecule has 0 aliphatic carbocycles. The molecule has 4 rings (SSSR count). The second-order valence-electron chi connectivity index (χ2n) is 7.67. The minimum atomic E-state index is -4.08. The largest absolute Gasteiger partial charge is 0.512 e. The molecule has 1 aliphatic rings. The molecule has 0 amide bonds. The van der Waals surface area contributed by atoms with Crippen molar-refractivity contribution in [1.82, 2.24) is 4.31 Å². The van der Waals surface area contributed by atoms with Crippen LogP contribution in [0.15, 0.2) is 107 Å². The molecule has 0 fully saturated rings. The zero-order valence-corrected chi connectivity index (χ0v) is 19.0. The zero-order chi connectivity index (χ0) is 23.4. The third kappa shape index (κ3) is 4.42. The highest BCUT2D eigenvalue weighted by Crippen LogP contribution is 2.47. The van der Waals surface area contributed by atoms with Crippen LogP contribution in [0.1, 0.15) is 36.6 Å². The van der Waals surface area contributed by atoms with E-state index in [1.807, 2.05) is 36.4 Å². The molecular formula is C26H25NO5S. The molecule has 0 aromatic heterocycles. The van der Waals surface area contributed by atoms with Gasteiger partial charge in [-0.1, -0.05) is 78.9 Å². The van der Waals surface area contributed by atoms with E-state index in [2.05, 4.69) is 0 Å². The van der Waals surface area contributed by atoms with Crippen LogP contribution in [0.25, 0.3) is 0 Å². The number of esters is 1. The Labute approximate surface area is 193 Å². The van der Waals surface area contributed by atoms with Crippen LogP contribution in [0, 0.1) is 0 Å². The standard InChI is InChI=1S/C26H25NO5S/c1-2-32-26(29)24-23(28)18-22(19-12-6-3-7-13-19)27(25(24)20-14-8-4-9-15-20)33(30,31)21-16-10-5-11-17-21/h3-17,22,25,28H,2,18H2,1H3/t22-,25-/m1/s1. The number of carbonyl (C=O) groups is 1. The maximum absolute atomic E-state index is 14.1. The molecule has 6 nitrogen and oxygen atoms in total. The van der Waals surface area contributed by atoms with E-state index in [-0.39, 0.29) is 29.3 Å². The van der Waals surface area contributed by atoms with Gasteiger partial charge in [0.25, 0.3) is 0 Å². The topological polar surface area (TPSA) is 83.9 Å². The lowest BCUT2D eigenvalue weighted by atomic mass is 9.88. The molecule has 1 N–H and O–H groups in total. The van der Waals surface area contributed by atoms with Gasteiger partial charge in [0.2, 0.25) is 10.0 Å². The van der Waals surface area contributed by atoms with Crippen molar-refractivity contribution in [1.29, 1.82) is 0 Å². The van der Waals surface area contributed by atoms with Gasteiger partial charge < -0.3 is 9.84 Å². The van der Waals surface area contributed by atoms with Crippen molar-refractivity contribution in [2.45, 2.75) is 30.3 Å². The van der Waals surface area contributed by atoms with Crippen molar-refractivity contribution in [2.75, 3.05) is 6.61 Å². The fourth-order valence-electron chi connectivity index (χ4n) is 4.20. The van der Waals surface area contributed by atoms with Crippen molar-refractivity contribution < 1.29 is 23.1 Å². The summed E-state index contributed by atoms with van der Waals surface area (Å²) in [6.07, 6.45) is -0.0481. The number of nitrogens with zero attached hydrogens (tertiary/aromatic N) is 1. The van der Waals surface area contributed by atoms with E-state index >= 15 is 0 Å². The number of aliphatic hydroxyl groups excluding tert-OH is 1. The first-order valence-electron chi connectivity index (χ1n) is 10.7. The Hall–Kier alpha value is -3.42. The molecule has 0 unspecified atom stereocenters. The summed E-state index contributed by atoms with van der Waals surface area (Å²) in [6, 6.07) is 24.3. The first-order chi connectivity index (χ1) is 15.9. The maximum atomic E-state index is 14.1. The van der Waals surface area contributed by atoms with Gasteiger partial charge in [0.05, 0.1) is 29.2 Å². The summed E-state index contributed by atoms with van der Waals surface area (Å²) in [5.74, 6) is -0.903. The monoisotopic (exact) mass is 463 g/mol. The molecule has 2 atom stereocenters. The van der Waals surface area contributed by atoms with Gasteiger partial charge in [-0.15, -0.1) is 0 Å². The van der Waals surface area contributed by atoms with Crippen LogP contribution in [0.4, 0.5) is 0 Å². The normalized spacial score (nSPS) is 19.3. The average molecular weight is 464 g/mol. The van der Waals surface area contributed by atoms with Gasteiger partial charge in [-0.2, -0.15) is 4.31 Å².